The van der Waals surface area contributed by atoms with Crippen LogP contribution in [0.5, 0.6) is 11.5 Å². The molecule has 0 aliphatic rings. The van der Waals surface area contributed by atoms with E-state index in [1.807, 2.05) is 6.92 Å². The summed E-state index contributed by atoms with van der Waals surface area (Å²) in [5.41, 5.74) is 0.606. The summed E-state index contributed by atoms with van der Waals surface area (Å²) < 4.78 is 48.2. The first-order valence-electron chi connectivity index (χ1n) is 8.26. The quantitative estimate of drug-likeness (QED) is 0.724. The van der Waals surface area contributed by atoms with Gasteiger partial charge in [-0.1, -0.05) is 18.2 Å². The molecule has 2 aromatic carbocycles. The van der Waals surface area contributed by atoms with Crippen molar-refractivity contribution in [2.24, 2.45) is 0 Å². The van der Waals surface area contributed by atoms with Gasteiger partial charge in [0.05, 0.1) is 19.3 Å². The molecule has 0 unspecified atom stereocenters. The number of ether oxygens (including phenoxy) is 2. The van der Waals surface area contributed by atoms with Crippen LogP contribution in [0.3, 0.4) is 0 Å². The summed E-state index contributed by atoms with van der Waals surface area (Å²) >= 11 is 0. The number of carbonyl (C=O) groups is 1. The molecule has 27 heavy (non-hydrogen) atoms. The molecule has 0 aliphatic heterocycles. The summed E-state index contributed by atoms with van der Waals surface area (Å²) in [6.45, 7) is 2.51. The number of halogens is 3. The lowest BCUT2D eigenvalue weighted by molar-refractivity contribution is -0.137. The molecule has 0 heterocycles. The molecule has 144 valence electrons. The van der Waals surface area contributed by atoms with E-state index in [2.05, 4.69) is 5.32 Å². The summed E-state index contributed by atoms with van der Waals surface area (Å²) in [6.07, 6.45) is -1.41. The molecule has 1 N–H and O–H groups in total. The monoisotopic (exact) mass is 379 g/mol. The maximum absolute atomic E-state index is 12.5. The van der Waals surface area contributed by atoms with Crippen molar-refractivity contribution in [1.29, 1.82) is 0 Å². The number of hydrogen-bond acceptors (Lipinski definition) is 3. The SMILES string of the molecule is CCOc1ccc(/C=C/C(=O)NCc2ccc(C(F)(F)F)cc2)cc1OC. The molecule has 0 saturated heterocycles. The molecule has 0 fully saturated rings. The summed E-state index contributed by atoms with van der Waals surface area (Å²) in [6, 6.07) is 9.93. The Labute approximate surface area is 155 Å². The summed E-state index contributed by atoms with van der Waals surface area (Å²) in [5, 5.41) is 2.62. The highest BCUT2D eigenvalue weighted by Gasteiger charge is 2.29. The zero-order chi connectivity index (χ0) is 19.9. The molecule has 2 aromatic rings. The van der Waals surface area contributed by atoms with Gasteiger partial charge in [-0.15, -0.1) is 0 Å². The van der Waals surface area contributed by atoms with Gasteiger partial charge >= 0.3 is 6.18 Å². The highest BCUT2D eigenvalue weighted by atomic mass is 19.4. The third-order valence-electron chi connectivity index (χ3n) is 3.66. The highest BCUT2D eigenvalue weighted by molar-refractivity contribution is 5.91. The Morgan fingerprint density at radius 2 is 1.81 bits per heavy atom. The zero-order valence-corrected chi connectivity index (χ0v) is 15.0. The average Bonchev–Trinajstić information content (AvgIpc) is 2.65. The van der Waals surface area contributed by atoms with E-state index in [1.54, 1.807) is 24.3 Å². The van der Waals surface area contributed by atoms with Gasteiger partial charge in [0.1, 0.15) is 0 Å². The van der Waals surface area contributed by atoms with Crippen molar-refractivity contribution in [2.75, 3.05) is 13.7 Å². The molecular weight excluding hydrogens is 359 g/mol. The molecular formula is C20H20F3NO3. The first-order chi connectivity index (χ1) is 12.8. The molecule has 0 spiro atoms. The molecule has 0 aromatic heterocycles. The number of nitrogens with one attached hydrogen (secondary N) is 1. The average molecular weight is 379 g/mol. The fraction of sp³-hybridized carbons (Fsp3) is 0.250. The number of methoxy groups -OCH3 is 1. The van der Waals surface area contributed by atoms with E-state index in [0.29, 0.717) is 23.7 Å². The van der Waals surface area contributed by atoms with Crippen molar-refractivity contribution in [1.82, 2.24) is 5.32 Å². The molecule has 0 bridgehead atoms. The Morgan fingerprint density at radius 3 is 2.41 bits per heavy atom. The van der Waals surface area contributed by atoms with Gasteiger partial charge in [0.2, 0.25) is 5.91 Å². The maximum atomic E-state index is 12.5. The molecule has 0 atom stereocenters. The number of hydrogen-bond donors (Lipinski definition) is 1. The van der Waals surface area contributed by atoms with Gasteiger partial charge in [-0.25, -0.2) is 0 Å². The van der Waals surface area contributed by atoms with Crippen LogP contribution in [0.25, 0.3) is 6.08 Å². The van der Waals surface area contributed by atoms with Gasteiger partial charge in [-0.3, -0.25) is 4.79 Å². The molecule has 0 saturated carbocycles. The Bertz CT molecular complexity index is 799. The van der Waals surface area contributed by atoms with Gasteiger partial charge in [-0.05, 0) is 48.4 Å². The van der Waals surface area contributed by atoms with E-state index in [9.17, 15) is 18.0 Å². The van der Waals surface area contributed by atoms with Crippen molar-refractivity contribution in [2.45, 2.75) is 19.6 Å². The highest BCUT2D eigenvalue weighted by Crippen LogP contribution is 2.29. The largest absolute Gasteiger partial charge is 0.493 e. The van der Waals surface area contributed by atoms with Crippen LogP contribution in [-0.2, 0) is 17.5 Å². The van der Waals surface area contributed by atoms with Crippen LogP contribution in [0.1, 0.15) is 23.6 Å². The maximum Gasteiger partial charge on any atom is 0.416 e. The Hall–Kier alpha value is -2.96. The molecule has 0 aliphatic carbocycles. The smallest absolute Gasteiger partial charge is 0.416 e. The Kier molecular flexibility index (Phi) is 6.87. The number of benzene rings is 2. The first kappa shape index (κ1) is 20.4. The van der Waals surface area contributed by atoms with Crippen LogP contribution in [0.4, 0.5) is 13.2 Å². The summed E-state index contributed by atoms with van der Waals surface area (Å²) in [4.78, 5) is 11.9. The van der Waals surface area contributed by atoms with Crippen molar-refractivity contribution in [3.8, 4) is 11.5 Å². The molecule has 4 nitrogen and oxygen atoms in total. The third kappa shape index (κ3) is 6.06. The normalized spacial score (nSPS) is 11.4. The molecule has 7 heteroatoms. The van der Waals surface area contributed by atoms with Crippen LogP contribution in [0.15, 0.2) is 48.5 Å². The van der Waals surface area contributed by atoms with Gasteiger partial charge in [0.15, 0.2) is 11.5 Å². The second-order valence-corrected chi connectivity index (χ2v) is 5.59. The predicted molar refractivity (Wildman–Crippen MR) is 96.5 cm³/mol. The molecule has 1 amide bonds. The lowest BCUT2D eigenvalue weighted by atomic mass is 10.1. The van der Waals surface area contributed by atoms with Crippen LogP contribution >= 0.6 is 0 Å². The minimum Gasteiger partial charge on any atom is -0.493 e. The van der Waals surface area contributed by atoms with E-state index in [1.165, 1.54) is 25.3 Å². The van der Waals surface area contributed by atoms with Crippen LogP contribution in [0.2, 0.25) is 0 Å². The van der Waals surface area contributed by atoms with Crippen molar-refractivity contribution < 1.29 is 27.4 Å². The van der Waals surface area contributed by atoms with Crippen LogP contribution in [0, 0.1) is 0 Å². The lowest BCUT2D eigenvalue weighted by Gasteiger charge is -2.09. The van der Waals surface area contributed by atoms with Gasteiger partial charge < -0.3 is 14.8 Å². The van der Waals surface area contributed by atoms with Crippen molar-refractivity contribution >= 4 is 12.0 Å². The van der Waals surface area contributed by atoms with Crippen molar-refractivity contribution in [3.05, 3.63) is 65.2 Å². The minimum absolute atomic E-state index is 0.133. The van der Waals surface area contributed by atoms with Gasteiger partial charge in [0, 0.05) is 12.6 Å². The zero-order valence-electron chi connectivity index (χ0n) is 15.0. The second kappa shape index (κ2) is 9.12. The topological polar surface area (TPSA) is 47.6 Å². The fourth-order valence-corrected chi connectivity index (χ4v) is 2.29. The second-order valence-electron chi connectivity index (χ2n) is 5.59. The van der Waals surface area contributed by atoms with E-state index in [0.717, 1.165) is 17.7 Å². The third-order valence-corrected chi connectivity index (χ3v) is 3.66. The molecule has 2 rings (SSSR count). The minimum atomic E-state index is -4.37. The van der Waals surface area contributed by atoms with E-state index >= 15 is 0 Å². The lowest BCUT2D eigenvalue weighted by Crippen LogP contribution is -2.20. The predicted octanol–water partition coefficient (Wildman–Crippen LogP) is 4.44. The standard InChI is InChI=1S/C20H20F3NO3/c1-3-27-17-10-6-14(12-18(17)26-2)7-11-19(25)24-13-15-4-8-16(9-5-15)20(21,22)23/h4-12H,3,13H2,1-2H3,(H,24,25)/b11-7+. The number of carbonyl (C=O) groups excluding carboxylic acids is 1. The molecule has 0 radical (unpaired) electrons. The van der Waals surface area contributed by atoms with Gasteiger partial charge in [-0.2, -0.15) is 13.2 Å². The van der Waals surface area contributed by atoms with Crippen molar-refractivity contribution in [3.63, 3.8) is 0 Å². The van der Waals surface area contributed by atoms with E-state index in [4.69, 9.17) is 9.47 Å². The van der Waals surface area contributed by atoms with Crippen LogP contribution < -0.4 is 14.8 Å². The number of amides is 1. The summed E-state index contributed by atoms with van der Waals surface area (Å²) in [5.74, 6) is 0.816. The Morgan fingerprint density at radius 1 is 1.11 bits per heavy atom. The van der Waals surface area contributed by atoms with E-state index < -0.39 is 11.7 Å². The fourth-order valence-electron chi connectivity index (χ4n) is 2.29. The van der Waals surface area contributed by atoms with Crippen LogP contribution in [-0.4, -0.2) is 19.6 Å². The first-order valence-corrected chi connectivity index (χ1v) is 8.26. The van der Waals surface area contributed by atoms with Gasteiger partial charge in [0.25, 0.3) is 0 Å². The van der Waals surface area contributed by atoms with E-state index in [-0.39, 0.29) is 12.5 Å². The Balaban J connectivity index is 1.93. The number of rotatable bonds is 7. The number of alkyl halides is 3. The summed E-state index contributed by atoms with van der Waals surface area (Å²) in [7, 11) is 1.53.